The van der Waals surface area contributed by atoms with E-state index in [9.17, 15) is 19.8 Å². The number of unbranched alkanes of at least 4 members (excludes halogenated alkanes) is 6. The minimum atomic E-state index is -0.857. The number of ether oxygens (including phenoxy) is 5. The third-order valence-corrected chi connectivity index (χ3v) is 10.8. The van der Waals surface area contributed by atoms with E-state index in [1.54, 1.807) is 0 Å². The predicted molar refractivity (Wildman–Crippen MR) is 206 cm³/mol. The van der Waals surface area contributed by atoms with E-state index in [0.717, 1.165) is 135 Å². The van der Waals surface area contributed by atoms with Gasteiger partial charge in [0.05, 0.1) is 45.2 Å². The van der Waals surface area contributed by atoms with E-state index in [-0.39, 0.29) is 37.0 Å². The molecule has 3 aliphatic carbocycles. The number of carbonyl (C=O) groups excluding carboxylic acids is 2. The van der Waals surface area contributed by atoms with Crippen LogP contribution in [-0.4, -0.2) is 86.7 Å². The summed E-state index contributed by atoms with van der Waals surface area (Å²) >= 11 is 0. The van der Waals surface area contributed by atoms with Gasteiger partial charge in [0, 0.05) is 49.0 Å². The van der Waals surface area contributed by atoms with Crippen molar-refractivity contribution in [2.45, 2.75) is 140 Å². The molecule has 53 heavy (non-hydrogen) atoms. The number of aliphatic hydroxyl groups excluding tert-OH is 2. The van der Waals surface area contributed by atoms with Crippen molar-refractivity contribution < 1.29 is 43.5 Å². The Bertz CT molecular complexity index is 1160. The highest BCUT2D eigenvalue weighted by Crippen LogP contribution is 2.35. The molecule has 3 aliphatic rings. The van der Waals surface area contributed by atoms with Crippen molar-refractivity contribution in [2.75, 3.05) is 46.2 Å². The fourth-order valence-electron chi connectivity index (χ4n) is 7.46. The minimum Gasteiger partial charge on any atom is -0.463 e. The number of esters is 2. The van der Waals surface area contributed by atoms with Gasteiger partial charge in [-0.2, -0.15) is 0 Å². The predicted octanol–water partition coefficient (Wildman–Crippen LogP) is 7.13. The van der Waals surface area contributed by atoms with Crippen molar-refractivity contribution in [1.82, 2.24) is 0 Å². The van der Waals surface area contributed by atoms with E-state index >= 15 is 0 Å². The molecule has 3 saturated carbocycles. The average molecular weight is 741 g/mol. The molecule has 298 valence electrons. The Kier molecular flexibility index (Phi) is 23.5. The molecule has 0 aromatic rings. The molecule has 0 aromatic carbocycles. The summed E-state index contributed by atoms with van der Waals surface area (Å²) in [5, 5.41) is 19.1. The number of carbonyl (C=O) groups is 2. The first kappa shape index (κ1) is 44.7. The molecule has 0 spiro atoms. The summed E-state index contributed by atoms with van der Waals surface area (Å²) in [6.45, 7) is 9.66. The van der Waals surface area contributed by atoms with Crippen LogP contribution in [0.25, 0.3) is 0 Å². The summed E-state index contributed by atoms with van der Waals surface area (Å²) in [5.41, 5.74) is 0. The largest absolute Gasteiger partial charge is 0.463 e. The zero-order chi connectivity index (χ0) is 37.9. The molecule has 0 saturated heterocycles. The minimum absolute atomic E-state index is 0.136. The number of rotatable bonds is 23. The topological polar surface area (TPSA) is 121 Å². The molecule has 0 amide bonds. The Hall–Kier alpha value is -2.66. The summed E-state index contributed by atoms with van der Waals surface area (Å²) in [5.74, 6) is 15.6. The van der Waals surface area contributed by atoms with Gasteiger partial charge in [-0.3, -0.25) is 0 Å². The Morgan fingerprint density at radius 3 is 1.57 bits per heavy atom. The summed E-state index contributed by atoms with van der Waals surface area (Å²) in [7, 11) is 0. The monoisotopic (exact) mass is 740 g/mol. The molecular formula is C44H68O9. The molecule has 4 atom stereocenters. The summed E-state index contributed by atoms with van der Waals surface area (Å²) in [4.78, 5) is 22.2. The van der Waals surface area contributed by atoms with E-state index in [0.29, 0.717) is 49.8 Å². The molecule has 3 fully saturated rings. The first-order valence-corrected chi connectivity index (χ1v) is 20.6. The van der Waals surface area contributed by atoms with Crippen LogP contribution in [0.2, 0.25) is 0 Å². The van der Waals surface area contributed by atoms with Crippen molar-refractivity contribution in [1.29, 1.82) is 0 Å². The van der Waals surface area contributed by atoms with Crippen molar-refractivity contribution >= 4 is 11.9 Å². The second-order valence-electron chi connectivity index (χ2n) is 15.1. The van der Waals surface area contributed by atoms with Gasteiger partial charge in [0.25, 0.3) is 0 Å². The van der Waals surface area contributed by atoms with Gasteiger partial charge in [0.15, 0.2) is 0 Å². The summed E-state index contributed by atoms with van der Waals surface area (Å²) in [6, 6.07) is 0. The van der Waals surface area contributed by atoms with Crippen LogP contribution in [0.1, 0.15) is 122 Å². The second-order valence-corrected chi connectivity index (χ2v) is 15.1. The van der Waals surface area contributed by atoms with E-state index in [4.69, 9.17) is 23.7 Å². The third-order valence-electron chi connectivity index (χ3n) is 10.8. The number of hydrogen-bond acceptors (Lipinski definition) is 9. The van der Waals surface area contributed by atoms with Crippen LogP contribution >= 0.6 is 0 Å². The lowest BCUT2D eigenvalue weighted by atomic mass is 9.74. The molecule has 9 heteroatoms. The Morgan fingerprint density at radius 2 is 1.08 bits per heavy atom. The van der Waals surface area contributed by atoms with E-state index in [1.807, 2.05) is 0 Å². The molecule has 3 rings (SSSR count). The molecule has 0 aliphatic heterocycles. The maximum Gasteiger partial charge on any atom is 0.330 e. The van der Waals surface area contributed by atoms with Gasteiger partial charge >= 0.3 is 11.9 Å². The van der Waals surface area contributed by atoms with E-state index in [2.05, 4.69) is 36.8 Å². The van der Waals surface area contributed by atoms with Crippen LogP contribution in [-0.2, 0) is 33.3 Å². The van der Waals surface area contributed by atoms with Crippen LogP contribution in [0.3, 0.4) is 0 Å². The molecule has 0 heterocycles. The Balaban J connectivity index is 1.33. The normalized spacial score (nSPS) is 26.2. The van der Waals surface area contributed by atoms with Gasteiger partial charge in [-0.15, -0.1) is 0 Å². The molecule has 2 N–H and O–H groups in total. The summed E-state index contributed by atoms with van der Waals surface area (Å²) < 4.78 is 28.3. The SMILES string of the molecule is C=CC(=O)OCCCCCCOC1CCC(C#CC2CCC(C#CC3CCC(OCCCCCCOC(=O)C=C)CC3)C(COCC(O)CO)C2)CC1. The molecule has 9 nitrogen and oxygen atoms in total. The quantitative estimate of drug-likeness (QED) is 0.0488. The van der Waals surface area contributed by atoms with Crippen molar-refractivity contribution in [2.24, 2.45) is 29.6 Å². The molecule has 0 aromatic heterocycles. The van der Waals surface area contributed by atoms with Crippen LogP contribution in [0.4, 0.5) is 0 Å². The van der Waals surface area contributed by atoms with Gasteiger partial charge in [-0.05, 0) is 115 Å². The summed E-state index contributed by atoms with van der Waals surface area (Å²) in [6.07, 6.45) is 21.8. The number of aliphatic hydroxyl groups is 2. The lowest BCUT2D eigenvalue weighted by molar-refractivity contribution is -0.138. The van der Waals surface area contributed by atoms with Gasteiger partial charge in [-0.1, -0.05) is 49.7 Å². The van der Waals surface area contributed by atoms with Gasteiger partial charge in [0.2, 0.25) is 0 Å². The van der Waals surface area contributed by atoms with Crippen LogP contribution in [0.15, 0.2) is 25.3 Å². The van der Waals surface area contributed by atoms with Crippen LogP contribution in [0, 0.1) is 53.3 Å². The van der Waals surface area contributed by atoms with Crippen molar-refractivity contribution in [3.05, 3.63) is 25.3 Å². The highest BCUT2D eigenvalue weighted by Gasteiger charge is 2.30. The first-order chi connectivity index (χ1) is 25.9. The van der Waals surface area contributed by atoms with Gasteiger partial charge in [-0.25, -0.2) is 9.59 Å². The van der Waals surface area contributed by atoms with Gasteiger partial charge < -0.3 is 33.9 Å². The van der Waals surface area contributed by atoms with Crippen LogP contribution < -0.4 is 0 Å². The molecule has 0 radical (unpaired) electrons. The zero-order valence-electron chi connectivity index (χ0n) is 32.3. The van der Waals surface area contributed by atoms with E-state index < -0.39 is 6.10 Å². The van der Waals surface area contributed by atoms with Crippen molar-refractivity contribution in [3.63, 3.8) is 0 Å². The van der Waals surface area contributed by atoms with Crippen molar-refractivity contribution in [3.8, 4) is 23.7 Å². The average Bonchev–Trinajstić information content (AvgIpc) is 3.19. The third kappa shape index (κ3) is 20.0. The van der Waals surface area contributed by atoms with Crippen LogP contribution in [0.5, 0.6) is 0 Å². The Labute approximate surface area is 320 Å². The highest BCUT2D eigenvalue weighted by molar-refractivity contribution is 5.81. The molecule has 0 bridgehead atoms. The van der Waals surface area contributed by atoms with E-state index in [1.165, 1.54) is 12.2 Å². The first-order valence-electron chi connectivity index (χ1n) is 20.6. The fraction of sp³-hybridized carbons (Fsp3) is 0.773. The maximum absolute atomic E-state index is 11.1. The standard InChI is InChI=1S/C44H68O9/c1-3-43(47)52-29-11-7-5-9-27-50-41-23-17-35(18-24-41)13-14-37-16-22-38(39(31-37)33-49-34-40(46)32-45)21-15-36-19-25-42(26-20-36)51-28-10-6-8-12-30-53-44(48)4-2/h3-4,35-42,45-46H,1-2,5-12,16-20,22-34H2. The fourth-order valence-corrected chi connectivity index (χ4v) is 7.46. The lowest BCUT2D eigenvalue weighted by Crippen LogP contribution is -2.30. The molecular weight excluding hydrogens is 672 g/mol. The zero-order valence-corrected chi connectivity index (χ0v) is 32.3. The maximum atomic E-state index is 11.1. The highest BCUT2D eigenvalue weighted by atomic mass is 16.5. The number of hydrogen-bond donors (Lipinski definition) is 2. The van der Waals surface area contributed by atoms with Gasteiger partial charge in [0.1, 0.15) is 6.10 Å². The molecule has 4 unspecified atom stereocenters. The Morgan fingerprint density at radius 1 is 0.623 bits per heavy atom. The lowest BCUT2D eigenvalue weighted by Gasteiger charge is -2.32. The second kappa shape index (κ2) is 27.9. The smallest absolute Gasteiger partial charge is 0.330 e.